The van der Waals surface area contributed by atoms with E-state index in [0.29, 0.717) is 31.0 Å². The predicted molar refractivity (Wildman–Crippen MR) is 94.4 cm³/mol. The van der Waals surface area contributed by atoms with Crippen LogP contribution in [0, 0.1) is 0 Å². The highest BCUT2D eigenvalue weighted by atomic mass is 16.2. The molecule has 0 radical (unpaired) electrons. The molecular formula is C17H21N5O2. The Morgan fingerprint density at radius 2 is 1.62 bits per heavy atom. The third-order valence-electron chi connectivity index (χ3n) is 3.98. The van der Waals surface area contributed by atoms with Crippen LogP contribution in [0.5, 0.6) is 0 Å². The van der Waals surface area contributed by atoms with Gasteiger partial charge in [0.25, 0.3) is 5.56 Å². The molecule has 0 unspecified atom stereocenters. The van der Waals surface area contributed by atoms with Gasteiger partial charge in [-0.15, -0.1) is 0 Å². The lowest BCUT2D eigenvalue weighted by atomic mass is 10.2. The van der Waals surface area contributed by atoms with E-state index in [2.05, 4.69) is 4.98 Å². The van der Waals surface area contributed by atoms with Gasteiger partial charge in [0.15, 0.2) is 17.0 Å². The highest BCUT2D eigenvalue weighted by Crippen LogP contribution is 2.20. The summed E-state index contributed by atoms with van der Waals surface area (Å²) in [6.45, 7) is 4.76. The average Bonchev–Trinajstić information content (AvgIpc) is 2.94. The Morgan fingerprint density at radius 1 is 1.00 bits per heavy atom. The number of rotatable bonds is 5. The second-order valence-electron chi connectivity index (χ2n) is 5.73. The summed E-state index contributed by atoms with van der Waals surface area (Å²) in [6, 6.07) is 9.40. The summed E-state index contributed by atoms with van der Waals surface area (Å²) in [7, 11) is 0. The van der Waals surface area contributed by atoms with Gasteiger partial charge in [-0.2, -0.15) is 0 Å². The summed E-state index contributed by atoms with van der Waals surface area (Å²) in [5.41, 5.74) is 0.692. The van der Waals surface area contributed by atoms with Crippen LogP contribution in [-0.4, -0.2) is 18.8 Å². The minimum Gasteiger partial charge on any atom is -0.336 e. The summed E-state index contributed by atoms with van der Waals surface area (Å²) >= 11 is 0. The lowest BCUT2D eigenvalue weighted by molar-refractivity contribution is 0.553. The molecule has 7 nitrogen and oxygen atoms in total. The van der Waals surface area contributed by atoms with Crippen molar-refractivity contribution in [2.45, 2.75) is 39.8 Å². The fraction of sp³-hybridized carbons (Fsp3) is 0.353. The van der Waals surface area contributed by atoms with Gasteiger partial charge in [-0.05, 0) is 12.8 Å². The SMILES string of the molecule is CCCn1c(=O)c2nc(-c3ccccc3)n(N)c2n(CCC)c1=O. The van der Waals surface area contributed by atoms with Crippen molar-refractivity contribution in [3.8, 4) is 11.4 Å². The first-order valence-corrected chi connectivity index (χ1v) is 8.16. The molecule has 2 heterocycles. The fourth-order valence-corrected chi connectivity index (χ4v) is 2.91. The van der Waals surface area contributed by atoms with Crippen LogP contribution in [0.1, 0.15) is 26.7 Å². The molecule has 0 saturated carbocycles. The molecule has 0 amide bonds. The molecule has 1 aromatic carbocycles. The van der Waals surface area contributed by atoms with E-state index >= 15 is 0 Å². The summed E-state index contributed by atoms with van der Waals surface area (Å²) in [4.78, 5) is 29.9. The van der Waals surface area contributed by atoms with Crippen LogP contribution in [0.25, 0.3) is 22.6 Å². The van der Waals surface area contributed by atoms with Crippen LogP contribution in [0.2, 0.25) is 0 Å². The van der Waals surface area contributed by atoms with Crippen LogP contribution in [0.4, 0.5) is 0 Å². The van der Waals surface area contributed by atoms with Crippen LogP contribution < -0.4 is 17.1 Å². The zero-order valence-electron chi connectivity index (χ0n) is 13.9. The Morgan fingerprint density at radius 3 is 2.25 bits per heavy atom. The van der Waals surface area contributed by atoms with Gasteiger partial charge in [0.1, 0.15) is 0 Å². The van der Waals surface area contributed by atoms with Crippen molar-refractivity contribution in [2.75, 3.05) is 5.84 Å². The van der Waals surface area contributed by atoms with Crippen molar-refractivity contribution in [1.29, 1.82) is 0 Å². The molecule has 0 spiro atoms. The first-order chi connectivity index (χ1) is 11.6. The number of nitrogens with zero attached hydrogens (tertiary/aromatic N) is 4. The third-order valence-corrected chi connectivity index (χ3v) is 3.98. The molecule has 0 atom stereocenters. The molecule has 2 aromatic heterocycles. The number of nitrogens with two attached hydrogens (primary N) is 1. The first-order valence-electron chi connectivity index (χ1n) is 8.16. The van der Waals surface area contributed by atoms with E-state index in [1.54, 1.807) is 4.57 Å². The number of aromatic nitrogens is 4. The summed E-state index contributed by atoms with van der Waals surface area (Å²) < 4.78 is 4.14. The maximum atomic E-state index is 12.7. The van der Waals surface area contributed by atoms with Crippen molar-refractivity contribution in [2.24, 2.45) is 0 Å². The van der Waals surface area contributed by atoms with Gasteiger partial charge in [-0.1, -0.05) is 44.2 Å². The van der Waals surface area contributed by atoms with E-state index in [1.165, 1.54) is 9.24 Å². The number of nitrogen functional groups attached to an aromatic ring is 1. The zero-order valence-corrected chi connectivity index (χ0v) is 13.9. The van der Waals surface area contributed by atoms with Gasteiger partial charge < -0.3 is 5.84 Å². The quantitative estimate of drug-likeness (QED) is 0.720. The molecule has 0 aliphatic rings. The normalized spacial score (nSPS) is 11.2. The van der Waals surface area contributed by atoms with Crippen LogP contribution in [0.15, 0.2) is 39.9 Å². The van der Waals surface area contributed by atoms with Crippen molar-refractivity contribution < 1.29 is 0 Å². The maximum absolute atomic E-state index is 12.7. The van der Waals surface area contributed by atoms with E-state index in [9.17, 15) is 9.59 Å². The topological polar surface area (TPSA) is 87.8 Å². The number of fused-ring (bicyclic) bond motifs is 1. The molecule has 0 saturated heterocycles. The second kappa shape index (κ2) is 6.35. The molecule has 0 aliphatic carbocycles. The number of imidazole rings is 1. The minimum atomic E-state index is -0.384. The molecule has 0 fully saturated rings. The second-order valence-corrected chi connectivity index (χ2v) is 5.73. The van der Waals surface area contributed by atoms with Crippen LogP contribution >= 0.6 is 0 Å². The Labute approximate surface area is 138 Å². The average molecular weight is 327 g/mol. The standard InChI is InChI=1S/C17H21N5O2/c1-3-10-20-15-13(16(23)21(11-4-2)17(20)24)19-14(22(15)18)12-8-6-5-7-9-12/h5-9H,3-4,10-11,18H2,1-2H3. The van der Waals surface area contributed by atoms with E-state index in [0.717, 1.165) is 12.0 Å². The molecule has 0 aliphatic heterocycles. The van der Waals surface area contributed by atoms with E-state index in [-0.39, 0.29) is 16.8 Å². The van der Waals surface area contributed by atoms with Crippen molar-refractivity contribution in [3.63, 3.8) is 0 Å². The Bertz CT molecular complexity index is 982. The maximum Gasteiger partial charge on any atom is 0.332 e. The largest absolute Gasteiger partial charge is 0.336 e. The van der Waals surface area contributed by atoms with Crippen LogP contribution in [-0.2, 0) is 13.1 Å². The van der Waals surface area contributed by atoms with E-state index in [4.69, 9.17) is 5.84 Å². The molecule has 7 heteroatoms. The molecule has 3 aromatic rings. The van der Waals surface area contributed by atoms with Gasteiger partial charge in [0.05, 0.1) is 0 Å². The summed E-state index contributed by atoms with van der Waals surface area (Å²) in [5.74, 6) is 6.68. The molecule has 24 heavy (non-hydrogen) atoms. The molecule has 2 N–H and O–H groups in total. The van der Waals surface area contributed by atoms with Crippen LogP contribution in [0.3, 0.4) is 0 Å². The van der Waals surface area contributed by atoms with Gasteiger partial charge in [0.2, 0.25) is 0 Å². The number of hydrogen-bond acceptors (Lipinski definition) is 4. The van der Waals surface area contributed by atoms with E-state index < -0.39 is 0 Å². The fourth-order valence-electron chi connectivity index (χ4n) is 2.91. The Balaban J connectivity index is 2.41. The number of aryl methyl sites for hydroxylation is 1. The number of benzene rings is 1. The molecular weight excluding hydrogens is 306 g/mol. The monoisotopic (exact) mass is 327 g/mol. The molecule has 3 rings (SSSR count). The Kier molecular flexibility index (Phi) is 4.24. The van der Waals surface area contributed by atoms with Gasteiger partial charge in [-0.25, -0.2) is 14.5 Å². The lowest BCUT2D eigenvalue weighted by Gasteiger charge is -2.11. The molecule has 126 valence electrons. The van der Waals surface area contributed by atoms with Gasteiger partial charge in [0, 0.05) is 18.7 Å². The molecule has 0 bridgehead atoms. The summed E-state index contributed by atoms with van der Waals surface area (Å²) in [5, 5.41) is 0. The highest BCUT2D eigenvalue weighted by molar-refractivity contribution is 5.77. The van der Waals surface area contributed by atoms with Gasteiger partial charge in [-0.3, -0.25) is 13.9 Å². The predicted octanol–water partition coefficient (Wildman–Crippen LogP) is 1.56. The van der Waals surface area contributed by atoms with Crippen molar-refractivity contribution in [1.82, 2.24) is 18.8 Å². The van der Waals surface area contributed by atoms with Crippen molar-refractivity contribution in [3.05, 3.63) is 51.2 Å². The lowest BCUT2D eigenvalue weighted by Crippen LogP contribution is -2.41. The minimum absolute atomic E-state index is 0.234. The zero-order chi connectivity index (χ0) is 17.3. The third kappa shape index (κ3) is 2.42. The van der Waals surface area contributed by atoms with Crippen molar-refractivity contribution >= 4 is 11.2 Å². The summed E-state index contributed by atoms with van der Waals surface area (Å²) in [6.07, 6.45) is 1.45. The Hall–Kier alpha value is -2.83. The number of hydrogen-bond donors (Lipinski definition) is 1. The first kappa shape index (κ1) is 16.0. The van der Waals surface area contributed by atoms with E-state index in [1.807, 2.05) is 44.2 Å². The highest BCUT2D eigenvalue weighted by Gasteiger charge is 2.20. The smallest absolute Gasteiger partial charge is 0.332 e. The van der Waals surface area contributed by atoms with Gasteiger partial charge >= 0.3 is 5.69 Å².